The Morgan fingerprint density at radius 2 is 1.96 bits per heavy atom. The molecule has 0 spiro atoms. The van der Waals surface area contributed by atoms with E-state index < -0.39 is 0 Å². The van der Waals surface area contributed by atoms with Gasteiger partial charge in [-0.3, -0.25) is 4.79 Å². The summed E-state index contributed by atoms with van der Waals surface area (Å²) in [5, 5.41) is 0. The third-order valence-electron chi connectivity index (χ3n) is 5.10. The highest BCUT2D eigenvalue weighted by Gasteiger charge is 2.36. The van der Waals surface area contributed by atoms with E-state index in [2.05, 4.69) is 21.9 Å². The molecular formula is C20H24N4O2. The van der Waals surface area contributed by atoms with Crippen molar-refractivity contribution >= 4 is 5.91 Å². The Bertz CT molecular complexity index is 796. The molecule has 0 unspecified atom stereocenters. The van der Waals surface area contributed by atoms with Crippen LogP contribution in [0.5, 0.6) is 0 Å². The first-order valence-corrected chi connectivity index (χ1v) is 9.08. The van der Waals surface area contributed by atoms with Gasteiger partial charge in [0, 0.05) is 37.3 Å². The van der Waals surface area contributed by atoms with Crippen molar-refractivity contribution < 1.29 is 9.53 Å². The Morgan fingerprint density at radius 3 is 2.77 bits per heavy atom. The normalized spacial score (nSPS) is 23.5. The predicted molar refractivity (Wildman–Crippen MR) is 98.8 cm³/mol. The number of likely N-dealkylation sites (N-methyl/N-ethyl adjacent to an activating group) is 1. The first-order valence-electron chi connectivity index (χ1n) is 9.08. The smallest absolute Gasteiger partial charge is 0.258 e. The van der Waals surface area contributed by atoms with Gasteiger partial charge in [0.2, 0.25) is 0 Å². The molecule has 2 aromatic rings. The van der Waals surface area contributed by atoms with Gasteiger partial charge in [0.05, 0.1) is 30.5 Å². The number of nitrogens with zero attached hydrogens (tertiary/aromatic N) is 4. The largest absolute Gasteiger partial charge is 0.379 e. The van der Waals surface area contributed by atoms with Crippen LogP contribution in [0.2, 0.25) is 0 Å². The number of fused-ring (bicyclic) bond motifs is 3. The second kappa shape index (κ2) is 7.13. The van der Waals surface area contributed by atoms with Gasteiger partial charge in [-0.05, 0) is 14.0 Å². The van der Waals surface area contributed by atoms with Crippen molar-refractivity contribution in [3.8, 4) is 11.3 Å². The molecule has 26 heavy (non-hydrogen) atoms. The minimum absolute atomic E-state index is 0.000321. The fourth-order valence-electron chi connectivity index (χ4n) is 3.92. The predicted octanol–water partition coefficient (Wildman–Crippen LogP) is 1.85. The minimum Gasteiger partial charge on any atom is -0.379 e. The second-order valence-corrected chi connectivity index (χ2v) is 7.28. The number of rotatable bonds is 2. The molecule has 136 valence electrons. The number of carbonyl (C=O) groups is 1. The summed E-state index contributed by atoms with van der Waals surface area (Å²) >= 11 is 0. The van der Waals surface area contributed by atoms with E-state index in [0.29, 0.717) is 36.2 Å². The third kappa shape index (κ3) is 3.34. The molecule has 2 aliphatic heterocycles. The Kier molecular flexibility index (Phi) is 4.70. The molecule has 3 heterocycles. The lowest BCUT2D eigenvalue weighted by atomic mass is 10.0. The molecular weight excluding hydrogens is 328 g/mol. The fraction of sp³-hybridized carbons (Fsp3) is 0.450. The lowest BCUT2D eigenvalue weighted by Gasteiger charge is -2.30. The van der Waals surface area contributed by atoms with Gasteiger partial charge in [0.1, 0.15) is 5.82 Å². The van der Waals surface area contributed by atoms with Crippen LogP contribution in [0.25, 0.3) is 11.3 Å². The zero-order valence-corrected chi connectivity index (χ0v) is 15.3. The van der Waals surface area contributed by atoms with E-state index in [4.69, 9.17) is 4.74 Å². The standard InChI is InChI=1S/C20H24N4O2/c1-14-21-8-18(19(22-14)16-6-4-3-5-7-16)20(25)24-10-15-9-23(2)11-17(24)13-26-12-15/h3-8,15,17H,9-13H2,1-2H3/t15-,17-/m0/s1. The topological polar surface area (TPSA) is 58.6 Å². The highest BCUT2D eigenvalue weighted by molar-refractivity contribution is 5.99. The van der Waals surface area contributed by atoms with Crippen LogP contribution in [0, 0.1) is 12.8 Å². The number of ether oxygens (including phenoxy) is 1. The summed E-state index contributed by atoms with van der Waals surface area (Å²) in [6.45, 7) is 5.64. The lowest BCUT2D eigenvalue weighted by molar-refractivity contribution is 0.0483. The van der Waals surface area contributed by atoms with Crippen molar-refractivity contribution in [1.29, 1.82) is 0 Å². The highest BCUT2D eigenvalue weighted by Crippen LogP contribution is 2.26. The quantitative estimate of drug-likeness (QED) is 0.826. The van der Waals surface area contributed by atoms with E-state index in [1.54, 1.807) is 6.20 Å². The summed E-state index contributed by atoms with van der Waals surface area (Å²) in [6.07, 6.45) is 1.67. The van der Waals surface area contributed by atoms with Crippen LogP contribution in [0.1, 0.15) is 16.2 Å². The van der Waals surface area contributed by atoms with Gasteiger partial charge in [-0.2, -0.15) is 0 Å². The molecule has 0 aliphatic carbocycles. The van der Waals surface area contributed by atoms with Gasteiger partial charge in [-0.1, -0.05) is 30.3 Å². The number of aromatic nitrogens is 2. The maximum absolute atomic E-state index is 13.5. The minimum atomic E-state index is -0.000321. The van der Waals surface area contributed by atoms with Gasteiger partial charge >= 0.3 is 0 Å². The molecule has 2 saturated heterocycles. The number of benzene rings is 1. The zero-order valence-electron chi connectivity index (χ0n) is 15.3. The van der Waals surface area contributed by atoms with Crippen molar-refractivity contribution in [2.24, 2.45) is 5.92 Å². The van der Waals surface area contributed by atoms with Crippen molar-refractivity contribution in [2.45, 2.75) is 13.0 Å². The first kappa shape index (κ1) is 17.1. The molecule has 0 radical (unpaired) electrons. The first-order chi connectivity index (χ1) is 12.6. The monoisotopic (exact) mass is 352 g/mol. The van der Waals surface area contributed by atoms with E-state index in [9.17, 15) is 4.79 Å². The molecule has 6 nitrogen and oxygen atoms in total. The Morgan fingerprint density at radius 1 is 1.15 bits per heavy atom. The summed E-state index contributed by atoms with van der Waals surface area (Å²) in [7, 11) is 2.11. The van der Waals surface area contributed by atoms with Crippen molar-refractivity contribution in [3.05, 3.63) is 47.9 Å². The van der Waals surface area contributed by atoms with Crippen molar-refractivity contribution in [3.63, 3.8) is 0 Å². The van der Waals surface area contributed by atoms with E-state index in [-0.39, 0.29) is 11.9 Å². The summed E-state index contributed by atoms with van der Waals surface area (Å²) in [5.41, 5.74) is 2.21. The molecule has 2 aliphatic rings. The second-order valence-electron chi connectivity index (χ2n) is 7.28. The summed E-state index contributed by atoms with van der Waals surface area (Å²) in [6, 6.07) is 9.91. The van der Waals surface area contributed by atoms with Crippen molar-refractivity contribution in [1.82, 2.24) is 19.8 Å². The Hall–Kier alpha value is -2.31. The molecule has 2 atom stereocenters. The van der Waals surface area contributed by atoms with E-state index in [1.165, 1.54) is 0 Å². The van der Waals surface area contributed by atoms with Gasteiger partial charge in [-0.15, -0.1) is 0 Å². The Labute approximate surface area is 153 Å². The SMILES string of the molecule is Cc1ncc(C(=O)N2C[C@H]3COC[C@@H]2CN(C)C3)c(-c2ccccc2)n1. The molecule has 0 saturated carbocycles. The van der Waals surface area contributed by atoms with E-state index in [1.807, 2.05) is 42.2 Å². The van der Waals surface area contributed by atoms with Crippen LogP contribution < -0.4 is 0 Å². The number of hydrogen-bond acceptors (Lipinski definition) is 5. The van der Waals surface area contributed by atoms with Gasteiger partial charge in [-0.25, -0.2) is 9.97 Å². The van der Waals surface area contributed by atoms with Crippen LogP contribution >= 0.6 is 0 Å². The fourth-order valence-corrected chi connectivity index (χ4v) is 3.92. The summed E-state index contributed by atoms with van der Waals surface area (Å²) in [4.78, 5) is 26.6. The summed E-state index contributed by atoms with van der Waals surface area (Å²) < 4.78 is 5.81. The molecule has 1 amide bonds. The molecule has 6 heteroatoms. The van der Waals surface area contributed by atoms with Gasteiger partial charge in [0.25, 0.3) is 5.91 Å². The van der Waals surface area contributed by atoms with Crippen molar-refractivity contribution in [2.75, 3.05) is 39.9 Å². The molecule has 1 aromatic carbocycles. The average molecular weight is 352 g/mol. The number of amides is 1. The van der Waals surface area contributed by atoms with Crippen LogP contribution in [-0.4, -0.2) is 71.6 Å². The molecule has 1 aromatic heterocycles. The van der Waals surface area contributed by atoms with Gasteiger partial charge in [0.15, 0.2) is 0 Å². The zero-order chi connectivity index (χ0) is 18.1. The summed E-state index contributed by atoms with van der Waals surface area (Å²) in [5.74, 6) is 1.00. The average Bonchev–Trinajstić information content (AvgIpc) is 2.92. The van der Waals surface area contributed by atoms with Crippen LogP contribution in [0.4, 0.5) is 0 Å². The third-order valence-corrected chi connectivity index (χ3v) is 5.10. The molecule has 4 rings (SSSR count). The van der Waals surface area contributed by atoms with Gasteiger partial charge < -0.3 is 14.5 Å². The van der Waals surface area contributed by atoms with Crippen LogP contribution in [0.3, 0.4) is 0 Å². The number of carbonyl (C=O) groups excluding carboxylic acids is 1. The Balaban J connectivity index is 1.72. The highest BCUT2D eigenvalue weighted by atomic mass is 16.5. The molecule has 2 fully saturated rings. The van der Waals surface area contributed by atoms with E-state index >= 15 is 0 Å². The lowest BCUT2D eigenvalue weighted by Crippen LogP contribution is -2.46. The maximum Gasteiger partial charge on any atom is 0.258 e. The molecule has 2 bridgehead atoms. The van der Waals surface area contributed by atoms with E-state index in [0.717, 1.165) is 25.2 Å². The van der Waals surface area contributed by atoms with Crippen LogP contribution in [0.15, 0.2) is 36.5 Å². The maximum atomic E-state index is 13.5. The number of aryl methyl sites for hydroxylation is 1. The number of hydrogen-bond donors (Lipinski definition) is 0. The molecule has 0 N–H and O–H groups in total. The van der Waals surface area contributed by atoms with Crippen LogP contribution in [-0.2, 0) is 4.74 Å².